The van der Waals surface area contributed by atoms with E-state index in [1.807, 2.05) is 5.38 Å². The Kier molecular flexibility index (Phi) is 5.09. The molecule has 0 bridgehead atoms. The standard InChI is InChI=1S/C15H19N5O3S/c1-2-23-14(22)12-11(17-9-18-12)13(21)16-7-10-8-24-15(19-10)20-5-3-4-6-20/h8-9H,2-7H2,1H3,(H,16,21)(H,17,18). The van der Waals surface area contributed by atoms with Crippen LogP contribution in [0.4, 0.5) is 5.13 Å². The van der Waals surface area contributed by atoms with Crippen molar-refractivity contribution in [2.45, 2.75) is 26.3 Å². The molecule has 0 spiro atoms. The number of carbonyl (C=O) groups is 2. The molecule has 3 heterocycles. The van der Waals surface area contributed by atoms with Crippen molar-refractivity contribution < 1.29 is 14.3 Å². The van der Waals surface area contributed by atoms with Crippen LogP contribution < -0.4 is 10.2 Å². The third-order valence-electron chi connectivity index (χ3n) is 3.68. The molecule has 2 N–H and O–H groups in total. The number of ether oxygens (including phenoxy) is 1. The quantitative estimate of drug-likeness (QED) is 0.768. The van der Waals surface area contributed by atoms with Gasteiger partial charge in [-0.1, -0.05) is 0 Å². The molecule has 3 rings (SSSR count). The average molecular weight is 349 g/mol. The Balaban J connectivity index is 1.60. The van der Waals surface area contributed by atoms with Crippen LogP contribution in [0.2, 0.25) is 0 Å². The molecular formula is C15H19N5O3S. The van der Waals surface area contributed by atoms with Crippen LogP contribution in [0.1, 0.15) is 46.4 Å². The van der Waals surface area contributed by atoms with E-state index >= 15 is 0 Å². The first kappa shape index (κ1) is 16.4. The van der Waals surface area contributed by atoms with Gasteiger partial charge in [0.05, 0.1) is 25.2 Å². The second-order valence-electron chi connectivity index (χ2n) is 5.34. The van der Waals surface area contributed by atoms with Gasteiger partial charge in [-0.05, 0) is 19.8 Å². The summed E-state index contributed by atoms with van der Waals surface area (Å²) >= 11 is 1.58. The predicted octanol–water partition coefficient (Wildman–Crippen LogP) is 1.57. The molecule has 1 amide bonds. The Labute approximate surface area is 143 Å². The molecule has 0 aromatic carbocycles. The SMILES string of the molecule is CCOC(=O)c1[nH]cnc1C(=O)NCc1csc(N2CCCC2)n1. The smallest absolute Gasteiger partial charge is 0.357 e. The number of hydrogen-bond acceptors (Lipinski definition) is 7. The molecule has 0 unspecified atom stereocenters. The highest BCUT2D eigenvalue weighted by molar-refractivity contribution is 7.13. The summed E-state index contributed by atoms with van der Waals surface area (Å²) in [5.74, 6) is -1.03. The van der Waals surface area contributed by atoms with Gasteiger partial charge in [-0.25, -0.2) is 14.8 Å². The zero-order valence-corrected chi connectivity index (χ0v) is 14.2. The number of rotatable bonds is 6. The van der Waals surface area contributed by atoms with Gasteiger partial charge in [0.15, 0.2) is 16.5 Å². The van der Waals surface area contributed by atoms with Crippen LogP contribution in [0.25, 0.3) is 0 Å². The molecule has 0 atom stereocenters. The highest BCUT2D eigenvalue weighted by Crippen LogP contribution is 2.24. The van der Waals surface area contributed by atoms with Crippen molar-refractivity contribution >= 4 is 28.3 Å². The first-order valence-electron chi connectivity index (χ1n) is 7.87. The zero-order chi connectivity index (χ0) is 16.9. The van der Waals surface area contributed by atoms with E-state index in [0.717, 1.165) is 23.9 Å². The van der Waals surface area contributed by atoms with E-state index in [-0.39, 0.29) is 24.5 Å². The number of nitrogens with one attached hydrogen (secondary N) is 2. The molecule has 9 heteroatoms. The second kappa shape index (κ2) is 7.43. The van der Waals surface area contributed by atoms with Gasteiger partial charge in [0, 0.05) is 18.5 Å². The molecule has 0 radical (unpaired) electrons. The van der Waals surface area contributed by atoms with Gasteiger partial charge in [0.2, 0.25) is 0 Å². The lowest BCUT2D eigenvalue weighted by Gasteiger charge is -2.12. The fourth-order valence-corrected chi connectivity index (χ4v) is 3.39. The van der Waals surface area contributed by atoms with E-state index in [9.17, 15) is 9.59 Å². The van der Waals surface area contributed by atoms with Crippen molar-refractivity contribution in [2.24, 2.45) is 0 Å². The van der Waals surface area contributed by atoms with Crippen molar-refractivity contribution in [1.29, 1.82) is 0 Å². The largest absolute Gasteiger partial charge is 0.461 e. The van der Waals surface area contributed by atoms with Crippen LogP contribution in [0, 0.1) is 0 Å². The molecule has 24 heavy (non-hydrogen) atoms. The van der Waals surface area contributed by atoms with E-state index in [1.54, 1.807) is 18.3 Å². The predicted molar refractivity (Wildman–Crippen MR) is 89.3 cm³/mol. The Morgan fingerprint density at radius 3 is 2.96 bits per heavy atom. The van der Waals surface area contributed by atoms with E-state index in [0.29, 0.717) is 0 Å². The maximum absolute atomic E-state index is 12.2. The lowest BCUT2D eigenvalue weighted by molar-refractivity contribution is 0.0516. The molecule has 1 saturated heterocycles. The Hall–Kier alpha value is -2.42. The minimum Gasteiger partial charge on any atom is -0.461 e. The minimum absolute atomic E-state index is 0.0310. The maximum atomic E-state index is 12.2. The summed E-state index contributed by atoms with van der Waals surface area (Å²) in [6, 6.07) is 0. The van der Waals surface area contributed by atoms with Crippen molar-refractivity contribution in [1.82, 2.24) is 20.3 Å². The third kappa shape index (κ3) is 3.56. The van der Waals surface area contributed by atoms with Gasteiger partial charge in [0.25, 0.3) is 5.91 Å². The fourth-order valence-electron chi connectivity index (χ4n) is 2.51. The number of nitrogens with zero attached hydrogens (tertiary/aromatic N) is 3. The van der Waals surface area contributed by atoms with Gasteiger partial charge in [0.1, 0.15) is 0 Å². The number of esters is 1. The first-order chi connectivity index (χ1) is 11.7. The summed E-state index contributed by atoms with van der Waals surface area (Å²) in [5, 5.41) is 5.66. The Morgan fingerprint density at radius 2 is 2.21 bits per heavy atom. The molecule has 128 valence electrons. The second-order valence-corrected chi connectivity index (χ2v) is 6.18. The highest BCUT2D eigenvalue weighted by Gasteiger charge is 2.21. The monoisotopic (exact) mass is 349 g/mol. The van der Waals surface area contributed by atoms with E-state index in [4.69, 9.17) is 4.74 Å². The van der Waals surface area contributed by atoms with E-state index < -0.39 is 11.9 Å². The minimum atomic E-state index is -0.592. The summed E-state index contributed by atoms with van der Waals surface area (Å²) in [6.07, 6.45) is 3.69. The molecular weight excluding hydrogens is 330 g/mol. The van der Waals surface area contributed by atoms with Crippen LogP contribution in [0.3, 0.4) is 0 Å². The van der Waals surface area contributed by atoms with Gasteiger partial charge in [-0.2, -0.15) is 0 Å². The Bertz CT molecular complexity index is 720. The summed E-state index contributed by atoms with van der Waals surface area (Å²) in [5.41, 5.74) is 0.886. The van der Waals surface area contributed by atoms with Gasteiger partial charge in [-0.3, -0.25) is 4.79 Å². The number of hydrogen-bond donors (Lipinski definition) is 2. The van der Waals surface area contributed by atoms with Crippen LogP contribution in [0.5, 0.6) is 0 Å². The lowest BCUT2D eigenvalue weighted by atomic mass is 10.3. The van der Waals surface area contributed by atoms with E-state index in [2.05, 4.69) is 25.2 Å². The van der Waals surface area contributed by atoms with Crippen molar-refractivity contribution in [2.75, 3.05) is 24.6 Å². The van der Waals surface area contributed by atoms with Crippen molar-refractivity contribution in [3.05, 3.63) is 28.8 Å². The van der Waals surface area contributed by atoms with Crippen molar-refractivity contribution in [3.63, 3.8) is 0 Å². The normalized spacial score (nSPS) is 14.0. The topological polar surface area (TPSA) is 100 Å². The summed E-state index contributed by atoms with van der Waals surface area (Å²) < 4.78 is 4.89. The number of aromatic amines is 1. The number of thiazole rings is 1. The van der Waals surface area contributed by atoms with Gasteiger partial charge >= 0.3 is 5.97 Å². The molecule has 2 aromatic rings. The van der Waals surface area contributed by atoms with Crippen LogP contribution >= 0.6 is 11.3 Å². The summed E-state index contributed by atoms with van der Waals surface area (Å²) in [4.78, 5) is 37.3. The van der Waals surface area contributed by atoms with Crippen LogP contribution in [-0.2, 0) is 11.3 Å². The highest BCUT2D eigenvalue weighted by atomic mass is 32.1. The fraction of sp³-hybridized carbons (Fsp3) is 0.467. The van der Waals surface area contributed by atoms with E-state index in [1.165, 1.54) is 19.2 Å². The number of H-pyrrole nitrogens is 1. The average Bonchev–Trinajstić information content (AvgIpc) is 3.33. The number of imidazole rings is 1. The number of anilines is 1. The molecule has 1 aliphatic rings. The number of carbonyl (C=O) groups excluding carboxylic acids is 2. The maximum Gasteiger partial charge on any atom is 0.357 e. The molecule has 1 aliphatic heterocycles. The molecule has 0 aliphatic carbocycles. The molecule has 8 nitrogen and oxygen atoms in total. The molecule has 2 aromatic heterocycles. The zero-order valence-electron chi connectivity index (χ0n) is 13.4. The first-order valence-corrected chi connectivity index (χ1v) is 8.75. The lowest BCUT2D eigenvalue weighted by Crippen LogP contribution is -2.26. The third-order valence-corrected chi connectivity index (χ3v) is 4.63. The van der Waals surface area contributed by atoms with Gasteiger partial charge < -0.3 is 19.9 Å². The van der Waals surface area contributed by atoms with Crippen molar-refractivity contribution in [3.8, 4) is 0 Å². The summed E-state index contributed by atoms with van der Waals surface area (Å²) in [7, 11) is 0. The number of aromatic nitrogens is 3. The van der Waals surface area contributed by atoms with Crippen LogP contribution in [-0.4, -0.2) is 46.5 Å². The summed E-state index contributed by atoms with van der Waals surface area (Å²) in [6.45, 7) is 4.30. The molecule has 0 saturated carbocycles. The number of amides is 1. The molecule has 1 fully saturated rings. The Morgan fingerprint density at radius 1 is 1.42 bits per heavy atom. The van der Waals surface area contributed by atoms with Crippen LogP contribution in [0.15, 0.2) is 11.7 Å². The van der Waals surface area contributed by atoms with Gasteiger partial charge in [-0.15, -0.1) is 11.3 Å².